The van der Waals surface area contributed by atoms with Crippen LogP contribution in [-0.4, -0.2) is 10.9 Å². The SMILES string of the molecule is Cc1c(NC(=O)c2cccc(I)c2)cccc1-c1nc2cc(Cl)ccc2o1. The second kappa shape index (κ2) is 7.32. The fourth-order valence-electron chi connectivity index (χ4n) is 2.84. The van der Waals surface area contributed by atoms with Gasteiger partial charge in [-0.25, -0.2) is 4.98 Å². The third-order valence-corrected chi connectivity index (χ3v) is 5.15. The fraction of sp³-hybridized carbons (Fsp3) is 0.0476. The first kappa shape index (κ1) is 18.0. The molecule has 1 N–H and O–H groups in total. The molecule has 0 atom stereocenters. The fourth-order valence-corrected chi connectivity index (χ4v) is 3.55. The zero-order chi connectivity index (χ0) is 19.0. The lowest BCUT2D eigenvalue weighted by atomic mass is 10.1. The van der Waals surface area contributed by atoms with Crippen molar-refractivity contribution in [1.29, 1.82) is 0 Å². The molecule has 27 heavy (non-hydrogen) atoms. The zero-order valence-electron chi connectivity index (χ0n) is 14.3. The minimum atomic E-state index is -0.155. The molecule has 6 heteroatoms. The minimum absolute atomic E-state index is 0.155. The van der Waals surface area contributed by atoms with Gasteiger partial charge in [-0.1, -0.05) is 23.7 Å². The lowest BCUT2D eigenvalue weighted by Gasteiger charge is -2.11. The lowest BCUT2D eigenvalue weighted by Crippen LogP contribution is -2.13. The van der Waals surface area contributed by atoms with E-state index in [1.54, 1.807) is 24.3 Å². The maximum Gasteiger partial charge on any atom is 0.255 e. The molecule has 1 amide bonds. The van der Waals surface area contributed by atoms with Crippen LogP contribution >= 0.6 is 34.2 Å². The second-order valence-corrected chi connectivity index (χ2v) is 7.76. The summed E-state index contributed by atoms with van der Waals surface area (Å²) in [5.74, 6) is 0.341. The van der Waals surface area contributed by atoms with Crippen molar-refractivity contribution in [2.24, 2.45) is 0 Å². The number of nitrogens with zero attached hydrogens (tertiary/aromatic N) is 1. The number of halogens is 2. The van der Waals surface area contributed by atoms with Crippen LogP contribution in [0.5, 0.6) is 0 Å². The van der Waals surface area contributed by atoms with Crippen LogP contribution in [-0.2, 0) is 0 Å². The van der Waals surface area contributed by atoms with Crippen LogP contribution in [0, 0.1) is 10.5 Å². The highest BCUT2D eigenvalue weighted by Gasteiger charge is 2.15. The van der Waals surface area contributed by atoms with Gasteiger partial charge < -0.3 is 9.73 Å². The summed E-state index contributed by atoms with van der Waals surface area (Å²) in [5, 5.41) is 3.58. The average Bonchev–Trinajstić information content (AvgIpc) is 3.06. The lowest BCUT2D eigenvalue weighted by molar-refractivity contribution is 0.102. The van der Waals surface area contributed by atoms with Crippen molar-refractivity contribution in [3.8, 4) is 11.5 Å². The number of aromatic nitrogens is 1. The van der Waals surface area contributed by atoms with E-state index in [0.717, 1.165) is 20.4 Å². The minimum Gasteiger partial charge on any atom is -0.436 e. The summed E-state index contributed by atoms with van der Waals surface area (Å²) < 4.78 is 6.88. The van der Waals surface area contributed by atoms with Crippen molar-refractivity contribution in [2.45, 2.75) is 6.92 Å². The Kier molecular flexibility index (Phi) is 4.88. The zero-order valence-corrected chi connectivity index (χ0v) is 17.2. The summed E-state index contributed by atoms with van der Waals surface area (Å²) in [4.78, 5) is 17.1. The third-order valence-electron chi connectivity index (χ3n) is 4.25. The van der Waals surface area contributed by atoms with E-state index < -0.39 is 0 Å². The van der Waals surface area contributed by atoms with Crippen LogP contribution in [0.15, 0.2) is 65.1 Å². The van der Waals surface area contributed by atoms with Crippen molar-refractivity contribution in [3.05, 3.63) is 80.4 Å². The third kappa shape index (κ3) is 3.70. The van der Waals surface area contributed by atoms with Gasteiger partial charge in [-0.2, -0.15) is 0 Å². The highest BCUT2D eigenvalue weighted by atomic mass is 127. The Morgan fingerprint density at radius 1 is 1.11 bits per heavy atom. The van der Waals surface area contributed by atoms with Gasteiger partial charge in [0.25, 0.3) is 5.91 Å². The number of rotatable bonds is 3. The molecule has 0 aliphatic heterocycles. The summed E-state index contributed by atoms with van der Waals surface area (Å²) in [5.41, 5.74) is 4.41. The first-order valence-corrected chi connectivity index (χ1v) is 9.70. The van der Waals surface area contributed by atoms with Crippen LogP contribution in [0.4, 0.5) is 5.69 Å². The molecular weight excluding hydrogens is 475 g/mol. The van der Waals surface area contributed by atoms with Gasteiger partial charge >= 0.3 is 0 Å². The maximum atomic E-state index is 12.6. The van der Waals surface area contributed by atoms with E-state index in [9.17, 15) is 4.79 Å². The van der Waals surface area contributed by atoms with Gasteiger partial charge in [0, 0.05) is 25.4 Å². The quantitative estimate of drug-likeness (QED) is 0.344. The molecule has 0 radical (unpaired) electrons. The molecule has 0 fully saturated rings. The number of benzene rings is 3. The van der Waals surface area contributed by atoms with Gasteiger partial charge in [0.15, 0.2) is 5.58 Å². The van der Waals surface area contributed by atoms with Crippen molar-refractivity contribution in [2.75, 3.05) is 5.32 Å². The van der Waals surface area contributed by atoms with E-state index in [1.807, 2.05) is 43.3 Å². The molecule has 0 spiro atoms. The molecule has 4 aromatic rings. The molecule has 0 saturated heterocycles. The van der Waals surface area contributed by atoms with Gasteiger partial charge in [-0.3, -0.25) is 4.79 Å². The number of amides is 1. The van der Waals surface area contributed by atoms with E-state index in [0.29, 0.717) is 27.6 Å². The van der Waals surface area contributed by atoms with Crippen molar-refractivity contribution in [1.82, 2.24) is 4.98 Å². The Labute approximate surface area is 174 Å². The predicted octanol–water partition coefficient (Wildman–Crippen LogP) is 6.31. The highest BCUT2D eigenvalue weighted by molar-refractivity contribution is 14.1. The molecule has 3 aromatic carbocycles. The molecular formula is C21H14ClIN2O2. The topological polar surface area (TPSA) is 55.1 Å². The summed E-state index contributed by atoms with van der Waals surface area (Å²) >= 11 is 8.22. The van der Waals surface area contributed by atoms with E-state index in [4.69, 9.17) is 16.0 Å². The number of carbonyl (C=O) groups excluding carboxylic acids is 1. The van der Waals surface area contributed by atoms with Gasteiger partial charge in [0.1, 0.15) is 5.52 Å². The van der Waals surface area contributed by atoms with E-state index in [-0.39, 0.29) is 5.91 Å². The van der Waals surface area contributed by atoms with Crippen molar-refractivity contribution in [3.63, 3.8) is 0 Å². The van der Waals surface area contributed by atoms with Crippen LogP contribution in [0.1, 0.15) is 15.9 Å². The van der Waals surface area contributed by atoms with Crippen molar-refractivity contribution >= 4 is 56.9 Å². The Morgan fingerprint density at radius 3 is 2.74 bits per heavy atom. The summed E-state index contributed by atoms with van der Waals surface area (Å²) in [6.45, 7) is 1.93. The van der Waals surface area contributed by atoms with Crippen LogP contribution < -0.4 is 5.32 Å². The van der Waals surface area contributed by atoms with E-state index in [2.05, 4.69) is 32.9 Å². The Morgan fingerprint density at radius 2 is 1.93 bits per heavy atom. The number of oxazole rings is 1. The molecule has 1 heterocycles. The largest absolute Gasteiger partial charge is 0.436 e. The molecule has 0 aliphatic carbocycles. The molecule has 0 bridgehead atoms. The van der Waals surface area contributed by atoms with E-state index in [1.165, 1.54) is 0 Å². The first-order chi connectivity index (χ1) is 13.0. The van der Waals surface area contributed by atoms with Gasteiger partial charge in [0.2, 0.25) is 5.89 Å². The van der Waals surface area contributed by atoms with Crippen LogP contribution in [0.25, 0.3) is 22.6 Å². The molecule has 4 nitrogen and oxygen atoms in total. The standard InChI is InChI=1S/C21H14ClIN2O2/c1-12-16(21-25-18-11-14(22)8-9-19(18)27-21)6-3-7-17(12)24-20(26)13-4-2-5-15(23)10-13/h2-11H,1H3,(H,24,26). The molecule has 4 rings (SSSR count). The number of fused-ring (bicyclic) bond motifs is 1. The Bertz CT molecular complexity index is 1170. The second-order valence-electron chi connectivity index (χ2n) is 6.07. The first-order valence-electron chi connectivity index (χ1n) is 8.24. The molecule has 1 aromatic heterocycles. The normalized spacial score (nSPS) is 10.9. The molecule has 0 aliphatic rings. The Hall–Kier alpha value is -2.38. The molecule has 134 valence electrons. The number of hydrogen-bond acceptors (Lipinski definition) is 3. The average molecular weight is 489 g/mol. The van der Waals surface area contributed by atoms with Crippen molar-refractivity contribution < 1.29 is 9.21 Å². The monoisotopic (exact) mass is 488 g/mol. The number of hydrogen-bond donors (Lipinski definition) is 1. The highest BCUT2D eigenvalue weighted by Crippen LogP contribution is 2.31. The van der Waals surface area contributed by atoms with Crippen LogP contribution in [0.2, 0.25) is 5.02 Å². The van der Waals surface area contributed by atoms with Gasteiger partial charge in [-0.05, 0) is 83.6 Å². The number of anilines is 1. The smallest absolute Gasteiger partial charge is 0.255 e. The summed E-state index contributed by atoms with van der Waals surface area (Å²) in [7, 11) is 0. The van der Waals surface area contributed by atoms with E-state index >= 15 is 0 Å². The maximum absolute atomic E-state index is 12.6. The molecule has 0 unspecified atom stereocenters. The summed E-state index contributed by atoms with van der Waals surface area (Å²) in [6, 6.07) is 18.4. The van der Waals surface area contributed by atoms with Gasteiger partial charge in [-0.15, -0.1) is 0 Å². The summed E-state index contributed by atoms with van der Waals surface area (Å²) in [6.07, 6.45) is 0. The Balaban J connectivity index is 1.69. The van der Waals surface area contributed by atoms with Gasteiger partial charge in [0.05, 0.1) is 0 Å². The molecule has 0 saturated carbocycles. The number of carbonyl (C=O) groups is 1. The number of nitrogens with one attached hydrogen (secondary N) is 1. The van der Waals surface area contributed by atoms with Crippen LogP contribution in [0.3, 0.4) is 0 Å². The predicted molar refractivity (Wildman–Crippen MR) is 116 cm³/mol.